The first-order chi connectivity index (χ1) is 7.76. The lowest BCUT2D eigenvalue weighted by Crippen LogP contribution is -2.46. The van der Waals surface area contributed by atoms with Gasteiger partial charge in [0.25, 0.3) is 0 Å². The molecule has 0 saturated carbocycles. The zero-order chi connectivity index (χ0) is 12.4. The summed E-state index contributed by atoms with van der Waals surface area (Å²) in [4.78, 5) is 5.07. The lowest BCUT2D eigenvalue weighted by atomic mass is 10.00. The molecule has 2 nitrogen and oxygen atoms in total. The standard InChI is InChI=1S/C12H26N2.C2H6/c1-4-6-12(5-2)11-14-9-7-13(3)8-10-14;1-2/h12H,4-11H2,1-3H3;1-2H3. The van der Waals surface area contributed by atoms with E-state index in [1.165, 1.54) is 52.0 Å². The normalized spacial score (nSPS) is 20.1. The first kappa shape index (κ1) is 15.9. The molecule has 0 radical (unpaired) electrons. The second-order valence-corrected chi connectivity index (χ2v) is 4.67. The molecule has 0 aromatic heterocycles. The molecule has 0 bridgehead atoms. The van der Waals surface area contributed by atoms with E-state index >= 15 is 0 Å². The van der Waals surface area contributed by atoms with Crippen molar-refractivity contribution in [3.05, 3.63) is 0 Å². The van der Waals surface area contributed by atoms with Gasteiger partial charge in [-0.3, -0.25) is 0 Å². The highest BCUT2D eigenvalue weighted by Crippen LogP contribution is 2.13. The molecule has 16 heavy (non-hydrogen) atoms. The third kappa shape index (κ3) is 6.49. The van der Waals surface area contributed by atoms with Gasteiger partial charge in [-0.05, 0) is 19.4 Å². The smallest absolute Gasteiger partial charge is 0.0110 e. The van der Waals surface area contributed by atoms with Crippen molar-refractivity contribution < 1.29 is 0 Å². The van der Waals surface area contributed by atoms with Crippen LogP contribution in [0.3, 0.4) is 0 Å². The van der Waals surface area contributed by atoms with Crippen molar-refractivity contribution >= 4 is 0 Å². The highest BCUT2D eigenvalue weighted by Gasteiger charge is 2.16. The van der Waals surface area contributed by atoms with E-state index in [9.17, 15) is 0 Å². The maximum Gasteiger partial charge on any atom is 0.0110 e. The van der Waals surface area contributed by atoms with Crippen molar-refractivity contribution in [2.75, 3.05) is 39.8 Å². The van der Waals surface area contributed by atoms with Crippen molar-refractivity contribution in [3.63, 3.8) is 0 Å². The summed E-state index contributed by atoms with van der Waals surface area (Å²) in [6, 6.07) is 0. The van der Waals surface area contributed by atoms with Crippen LogP contribution >= 0.6 is 0 Å². The van der Waals surface area contributed by atoms with Crippen LogP contribution in [0.4, 0.5) is 0 Å². The molecule has 0 amide bonds. The third-order valence-electron chi connectivity index (χ3n) is 3.39. The highest BCUT2D eigenvalue weighted by atomic mass is 15.2. The van der Waals surface area contributed by atoms with Crippen LogP contribution in [0.1, 0.15) is 47.0 Å². The van der Waals surface area contributed by atoms with Crippen LogP contribution in [0.15, 0.2) is 0 Å². The maximum atomic E-state index is 2.64. The summed E-state index contributed by atoms with van der Waals surface area (Å²) in [5, 5.41) is 0. The molecule has 1 rings (SSSR count). The second-order valence-electron chi connectivity index (χ2n) is 4.67. The fourth-order valence-electron chi connectivity index (χ4n) is 2.23. The topological polar surface area (TPSA) is 6.48 Å². The summed E-state index contributed by atoms with van der Waals surface area (Å²) in [7, 11) is 2.22. The van der Waals surface area contributed by atoms with E-state index < -0.39 is 0 Å². The molecule has 0 aromatic rings. The maximum absolute atomic E-state index is 2.64. The molecule has 2 heteroatoms. The van der Waals surface area contributed by atoms with Crippen LogP contribution in [0.2, 0.25) is 0 Å². The van der Waals surface area contributed by atoms with E-state index in [2.05, 4.69) is 30.7 Å². The number of hydrogen-bond acceptors (Lipinski definition) is 2. The Labute approximate surface area is 103 Å². The van der Waals surface area contributed by atoms with Gasteiger partial charge in [0.15, 0.2) is 0 Å². The van der Waals surface area contributed by atoms with Gasteiger partial charge in [-0.15, -0.1) is 0 Å². The Morgan fingerprint density at radius 2 is 1.56 bits per heavy atom. The molecule has 1 aliphatic heterocycles. The van der Waals surface area contributed by atoms with Gasteiger partial charge in [0.2, 0.25) is 0 Å². The summed E-state index contributed by atoms with van der Waals surface area (Å²) in [5.74, 6) is 0.934. The van der Waals surface area contributed by atoms with Crippen LogP contribution in [0, 0.1) is 5.92 Å². The molecular formula is C14H32N2. The van der Waals surface area contributed by atoms with Crippen molar-refractivity contribution in [1.82, 2.24) is 9.80 Å². The molecule has 1 fully saturated rings. The Balaban J connectivity index is 0.00000106. The second kappa shape index (κ2) is 10.1. The quantitative estimate of drug-likeness (QED) is 0.713. The first-order valence-corrected chi connectivity index (χ1v) is 7.17. The van der Waals surface area contributed by atoms with Crippen molar-refractivity contribution in [3.8, 4) is 0 Å². The van der Waals surface area contributed by atoms with Gasteiger partial charge in [-0.2, -0.15) is 0 Å². The molecule has 1 aliphatic rings. The number of piperazine rings is 1. The third-order valence-corrected chi connectivity index (χ3v) is 3.39. The minimum atomic E-state index is 0.934. The predicted molar refractivity (Wildman–Crippen MR) is 74.0 cm³/mol. The molecule has 0 spiro atoms. The van der Waals surface area contributed by atoms with Crippen LogP contribution in [-0.2, 0) is 0 Å². The molecule has 1 saturated heterocycles. The zero-order valence-electron chi connectivity index (χ0n) is 12.1. The monoisotopic (exact) mass is 228 g/mol. The fraction of sp³-hybridized carbons (Fsp3) is 1.00. The number of nitrogens with zero attached hydrogens (tertiary/aromatic N) is 2. The minimum absolute atomic E-state index is 0.934. The van der Waals surface area contributed by atoms with E-state index in [1.807, 2.05) is 13.8 Å². The summed E-state index contributed by atoms with van der Waals surface area (Å²) < 4.78 is 0. The van der Waals surface area contributed by atoms with Crippen LogP contribution in [0.5, 0.6) is 0 Å². The molecule has 98 valence electrons. The Morgan fingerprint density at radius 3 is 2.00 bits per heavy atom. The Kier molecular flexibility index (Phi) is 10.0. The molecule has 0 N–H and O–H groups in total. The summed E-state index contributed by atoms with van der Waals surface area (Å²) in [6.07, 6.45) is 4.09. The molecule has 1 unspecified atom stereocenters. The van der Waals surface area contributed by atoms with Crippen molar-refractivity contribution in [1.29, 1.82) is 0 Å². The number of likely N-dealkylation sites (N-methyl/N-ethyl adjacent to an activating group) is 1. The molecule has 0 aromatic carbocycles. The molecule has 0 aliphatic carbocycles. The first-order valence-electron chi connectivity index (χ1n) is 7.17. The summed E-state index contributed by atoms with van der Waals surface area (Å²) in [5.41, 5.74) is 0. The van der Waals surface area contributed by atoms with Gasteiger partial charge >= 0.3 is 0 Å². The molecule has 1 atom stereocenters. The van der Waals surface area contributed by atoms with Gasteiger partial charge in [-0.25, -0.2) is 0 Å². The van der Waals surface area contributed by atoms with Gasteiger partial charge < -0.3 is 9.80 Å². The van der Waals surface area contributed by atoms with Crippen molar-refractivity contribution in [2.24, 2.45) is 5.92 Å². The van der Waals surface area contributed by atoms with Crippen LogP contribution in [-0.4, -0.2) is 49.6 Å². The highest BCUT2D eigenvalue weighted by molar-refractivity contribution is 4.72. The SMILES string of the molecule is CC.CCCC(CC)CN1CCN(C)CC1. The van der Waals surface area contributed by atoms with Gasteiger partial charge in [0.1, 0.15) is 0 Å². The molecule has 1 heterocycles. The van der Waals surface area contributed by atoms with Gasteiger partial charge in [-0.1, -0.05) is 40.5 Å². The predicted octanol–water partition coefficient (Wildman–Crippen LogP) is 3.09. The minimum Gasteiger partial charge on any atom is -0.304 e. The van der Waals surface area contributed by atoms with E-state index in [0.717, 1.165) is 5.92 Å². The van der Waals surface area contributed by atoms with Gasteiger partial charge in [0.05, 0.1) is 0 Å². The fourth-order valence-corrected chi connectivity index (χ4v) is 2.23. The van der Waals surface area contributed by atoms with Gasteiger partial charge in [0, 0.05) is 32.7 Å². The van der Waals surface area contributed by atoms with Crippen LogP contribution in [0.25, 0.3) is 0 Å². The summed E-state index contributed by atoms with van der Waals surface area (Å²) in [6.45, 7) is 15.0. The van der Waals surface area contributed by atoms with E-state index in [4.69, 9.17) is 0 Å². The lowest BCUT2D eigenvalue weighted by Gasteiger charge is -2.34. The van der Waals surface area contributed by atoms with E-state index in [0.29, 0.717) is 0 Å². The van der Waals surface area contributed by atoms with E-state index in [1.54, 1.807) is 0 Å². The zero-order valence-corrected chi connectivity index (χ0v) is 12.1. The number of hydrogen-bond donors (Lipinski definition) is 0. The van der Waals surface area contributed by atoms with E-state index in [-0.39, 0.29) is 0 Å². The lowest BCUT2D eigenvalue weighted by molar-refractivity contribution is 0.132. The van der Waals surface area contributed by atoms with Crippen molar-refractivity contribution in [2.45, 2.75) is 47.0 Å². The van der Waals surface area contributed by atoms with Crippen LogP contribution < -0.4 is 0 Å². The Morgan fingerprint density at radius 1 is 1.00 bits per heavy atom. The average molecular weight is 228 g/mol. The molecular weight excluding hydrogens is 196 g/mol. The Hall–Kier alpha value is -0.0800. The number of rotatable bonds is 5. The summed E-state index contributed by atoms with van der Waals surface area (Å²) >= 11 is 0. The Bertz CT molecular complexity index is 140. The average Bonchev–Trinajstić information content (AvgIpc) is 2.34. The largest absolute Gasteiger partial charge is 0.304 e.